The van der Waals surface area contributed by atoms with Crippen LogP contribution in [0, 0.1) is 5.92 Å². The Morgan fingerprint density at radius 2 is 1.73 bits per heavy atom. The summed E-state index contributed by atoms with van der Waals surface area (Å²) in [6, 6.07) is 3.46. The van der Waals surface area contributed by atoms with Crippen LogP contribution in [0.15, 0.2) is 18.2 Å². The maximum atomic E-state index is 14.0. The number of carbonyl (C=O) groups excluding carboxylic acids is 3. The van der Waals surface area contributed by atoms with Crippen molar-refractivity contribution in [2.45, 2.75) is 96.3 Å². The second kappa shape index (κ2) is 17.0. The number of likely N-dealkylation sites (N-methyl/N-ethyl adjacent to an activating group) is 1. The Balaban J connectivity index is 2.39. The molecule has 2 N–H and O–H groups in total. The number of alkyl halides is 6. The number of halogens is 6. The maximum Gasteiger partial charge on any atom is 0.389 e. The summed E-state index contributed by atoms with van der Waals surface area (Å²) in [5, 5.41) is 12.4. The number of nitrogens with one attached hydrogen (secondary N) is 1. The summed E-state index contributed by atoms with van der Waals surface area (Å²) in [6.45, 7) is 5.00. The fraction of sp³-hybridized carbons (Fsp3) is 0.700. The van der Waals surface area contributed by atoms with Crippen molar-refractivity contribution in [1.29, 1.82) is 0 Å². The topological polar surface area (TPSA) is 108 Å². The van der Waals surface area contributed by atoms with Crippen molar-refractivity contribution in [3.8, 4) is 5.75 Å². The van der Waals surface area contributed by atoms with Crippen LogP contribution in [0.25, 0.3) is 0 Å². The summed E-state index contributed by atoms with van der Waals surface area (Å²) in [7, 11) is 1.39. The van der Waals surface area contributed by atoms with Crippen molar-refractivity contribution in [3.63, 3.8) is 0 Å². The number of aliphatic hydroxyl groups excluding tert-OH is 1. The molecule has 0 radical (unpaired) electrons. The largest absolute Gasteiger partial charge is 0.490 e. The molecule has 0 aliphatic carbocycles. The van der Waals surface area contributed by atoms with E-state index in [0.29, 0.717) is 25.9 Å². The normalized spacial score (nSPS) is 21.3. The Morgan fingerprint density at radius 1 is 1.09 bits per heavy atom. The van der Waals surface area contributed by atoms with Gasteiger partial charge in [-0.1, -0.05) is 6.92 Å². The molecule has 1 aliphatic rings. The Hall–Kier alpha value is -3.07. The number of hydrogen-bond acceptors (Lipinski definition) is 6. The van der Waals surface area contributed by atoms with Gasteiger partial charge in [-0.05, 0) is 51.3 Å². The molecule has 0 saturated carbocycles. The molecule has 0 aromatic heterocycles. The average Bonchev–Trinajstić information content (AvgIpc) is 2.95. The van der Waals surface area contributed by atoms with E-state index in [9.17, 15) is 45.8 Å². The molecule has 4 atom stereocenters. The molecule has 1 aliphatic heterocycles. The number of amides is 3. The van der Waals surface area contributed by atoms with Crippen molar-refractivity contribution in [1.82, 2.24) is 9.80 Å². The van der Waals surface area contributed by atoms with Gasteiger partial charge < -0.3 is 29.7 Å². The van der Waals surface area contributed by atoms with Gasteiger partial charge in [0.2, 0.25) is 11.8 Å². The molecule has 2 rings (SSSR count). The first-order valence-electron chi connectivity index (χ1n) is 14.9. The quantitative estimate of drug-likeness (QED) is 0.337. The zero-order valence-corrected chi connectivity index (χ0v) is 26.0. The van der Waals surface area contributed by atoms with Crippen LogP contribution in [-0.4, -0.2) is 96.6 Å². The summed E-state index contributed by atoms with van der Waals surface area (Å²) in [4.78, 5) is 41.2. The lowest BCUT2D eigenvalue weighted by molar-refractivity contribution is -0.149. The third-order valence-corrected chi connectivity index (χ3v) is 7.47. The number of rotatable bonds is 9. The third-order valence-electron chi connectivity index (χ3n) is 7.47. The van der Waals surface area contributed by atoms with Crippen LogP contribution < -0.4 is 10.1 Å². The number of nitrogens with zero attached hydrogens (tertiary/aromatic N) is 2. The average molecular weight is 656 g/mol. The van der Waals surface area contributed by atoms with Crippen LogP contribution >= 0.6 is 0 Å². The lowest BCUT2D eigenvalue weighted by atomic mass is 10.0. The monoisotopic (exact) mass is 655 g/mol. The molecule has 1 heterocycles. The Morgan fingerprint density at radius 3 is 2.36 bits per heavy atom. The van der Waals surface area contributed by atoms with Gasteiger partial charge in [0.15, 0.2) is 0 Å². The van der Waals surface area contributed by atoms with Crippen molar-refractivity contribution in [2.24, 2.45) is 5.92 Å². The number of carbonyl (C=O) groups is 3. The first kappa shape index (κ1) is 38.1. The maximum absolute atomic E-state index is 14.0. The van der Waals surface area contributed by atoms with E-state index in [4.69, 9.17) is 9.47 Å². The lowest BCUT2D eigenvalue weighted by Crippen LogP contribution is -2.48. The molecule has 3 amide bonds. The van der Waals surface area contributed by atoms with Gasteiger partial charge in [-0.25, -0.2) is 0 Å². The van der Waals surface area contributed by atoms with Crippen LogP contribution in [0.2, 0.25) is 0 Å². The van der Waals surface area contributed by atoms with Gasteiger partial charge in [0.25, 0.3) is 5.91 Å². The highest BCUT2D eigenvalue weighted by molar-refractivity contribution is 5.99. The van der Waals surface area contributed by atoms with Gasteiger partial charge in [0, 0.05) is 51.2 Å². The van der Waals surface area contributed by atoms with E-state index < -0.39 is 80.4 Å². The minimum absolute atomic E-state index is 0.00692. The van der Waals surface area contributed by atoms with Crippen molar-refractivity contribution in [3.05, 3.63) is 23.8 Å². The van der Waals surface area contributed by atoms with Crippen molar-refractivity contribution >= 4 is 23.4 Å². The van der Waals surface area contributed by atoms with E-state index in [1.807, 2.05) is 0 Å². The predicted octanol–water partition coefficient (Wildman–Crippen LogP) is 5.56. The van der Waals surface area contributed by atoms with Crippen LogP contribution in [0.5, 0.6) is 5.75 Å². The Labute approximate surface area is 259 Å². The van der Waals surface area contributed by atoms with E-state index in [-0.39, 0.29) is 36.2 Å². The summed E-state index contributed by atoms with van der Waals surface area (Å²) in [6.07, 6.45) is -12.2. The van der Waals surface area contributed by atoms with Gasteiger partial charge in [-0.2, -0.15) is 26.3 Å². The molecule has 256 valence electrons. The van der Waals surface area contributed by atoms with Gasteiger partial charge in [0.05, 0.1) is 43.3 Å². The number of aliphatic hydroxyl groups is 1. The highest BCUT2D eigenvalue weighted by Gasteiger charge is 2.33. The predicted molar refractivity (Wildman–Crippen MR) is 154 cm³/mol. The molecule has 0 unspecified atom stereocenters. The summed E-state index contributed by atoms with van der Waals surface area (Å²) >= 11 is 0. The molecule has 0 spiro atoms. The smallest absolute Gasteiger partial charge is 0.389 e. The highest BCUT2D eigenvalue weighted by Crippen LogP contribution is 2.29. The molecular weight excluding hydrogens is 612 g/mol. The van der Waals surface area contributed by atoms with Crippen molar-refractivity contribution in [2.75, 3.05) is 38.7 Å². The van der Waals surface area contributed by atoms with Crippen molar-refractivity contribution < 1.29 is 55.3 Å². The number of fused-ring (bicyclic) bond motifs is 1. The molecule has 9 nitrogen and oxygen atoms in total. The Kier molecular flexibility index (Phi) is 14.4. The van der Waals surface area contributed by atoms with E-state index in [0.717, 1.165) is 0 Å². The third kappa shape index (κ3) is 13.4. The zero-order valence-electron chi connectivity index (χ0n) is 26.0. The van der Waals surface area contributed by atoms with Crippen LogP contribution in [0.1, 0.15) is 76.1 Å². The molecule has 15 heteroatoms. The fourth-order valence-electron chi connectivity index (χ4n) is 4.75. The second-order valence-electron chi connectivity index (χ2n) is 11.6. The summed E-state index contributed by atoms with van der Waals surface area (Å²) in [5.41, 5.74) is 0.0912. The van der Waals surface area contributed by atoms with E-state index in [2.05, 4.69) is 5.32 Å². The van der Waals surface area contributed by atoms with E-state index in [1.54, 1.807) is 20.8 Å². The van der Waals surface area contributed by atoms with E-state index >= 15 is 0 Å². The number of hydrogen-bond donors (Lipinski definition) is 2. The summed E-state index contributed by atoms with van der Waals surface area (Å²) in [5.74, 6) is -2.47. The van der Waals surface area contributed by atoms with Gasteiger partial charge >= 0.3 is 12.4 Å². The van der Waals surface area contributed by atoms with E-state index in [1.165, 1.54) is 35.0 Å². The molecule has 1 aromatic carbocycles. The Bertz CT molecular complexity index is 1130. The molecule has 1 aromatic rings. The van der Waals surface area contributed by atoms with Crippen LogP contribution in [0.3, 0.4) is 0 Å². The molecule has 0 saturated heterocycles. The summed E-state index contributed by atoms with van der Waals surface area (Å²) < 4.78 is 88.0. The van der Waals surface area contributed by atoms with Gasteiger partial charge in [-0.3, -0.25) is 14.4 Å². The molecular formula is C30H43F6N3O6. The lowest BCUT2D eigenvalue weighted by Gasteiger charge is -2.36. The van der Waals surface area contributed by atoms with Gasteiger partial charge in [-0.15, -0.1) is 0 Å². The molecule has 0 bridgehead atoms. The SMILES string of the molecule is C[C@@H]1CCCCO[C@H](CN(C)C(=O)CCC(F)(F)F)[C@H](C)CN([C@H](C)CO)C(=O)c2cc(NC(=O)CCC(F)(F)F)ccc2O1. The fourth-order valence-corrected chi connectivity index (χ4v) is 4.75. The first-order chi connectivity index (χ1) is 20.9. The van der Waals surface area contributed by atoms with Crippen LogP contribution in [-0.2, 0) is 14.3 Å². The molecule has 45 heavy (non-hydrogen) atoms. The number of ether oxygens (including phenoxy) is 2. The number of benzene rings is 1. The highest BCUT2D eigenvalue weighted by atomic mass is 19.4. The second-order valence-corrected chi connectivity index (χ2v) is 11.6. The first-order valence-corrected chi connectivity index (χ1v) is 14.9. The van der Waals surface area contributed by atoms with Gasteiger partial charge in [0.1, 0.15) is 5.75 Å². The standard InChI is InChI=1S/C30H43F6N3O6/c1-19-16-39(20(2)18-40)28(43)23-15-22(37-26(41)10-12-29(31,32)33)8-9-24(23)45-21(3)7-5-6-14-44-25(19)17-38(4)27(42)11-13-30(34,35)36/h8-9,15,19-21,25,40H,5-7,10-14,16-18H2,1-4H3,(H,37,41)/t19-,20-,21-,25-/m1/s1. The zero-order chi connectivity index (χ0) is 33.9. The molecule has 0 fully saturated rings. The van der Waals surface area contributed by atoms with Crippen LogP contribution in [0.4, 0.5) is 32.0 Å². The minimum atomic E-state index is -4.51. The number of anilines is 1. The minimum Gasteiger partial charge on any atom is -0.490 e.